The number of aromatic nitrogens is 3. The number of nitrogens with zero attached hydrogens (tertiary/aromatic N) is 3. The van der Waals surface area contributed by atoms with E-state index in [1.54, 1.807) is 19.5 Å². The van der Waals surface area contributed by atoms with E-state index in [1.807, 2.05) is 12.1 Å². The number of ether oxygens (including phenoxy) is 2. The molecule has 7 nitrogen and oxygen atoms in total. The predicted octanol–water partition coefficient (Wildman–Crippen LogP) is 1.01. The van der Waals surface area contributed by atoms with Crippen LogP contribution in [0.15, 0.2) is 24.5 Å². The highest BCUT2D eigenvalue weighted by Crippen LogP contribution is 2.26. The molecule has 1 saturated heterocycles. The Bertz CT molecular complexity index is 710. The number of pyridine rings is 1. The van der Waals surface area contributed by atoms with Gasteiger partial charge in [-0.25, -0.2) is 9.97 Å². The summed E-state index contributed by atoms with van der Waals surface area (Å²) in [5.41, 5.74) is 3.21. The van der Waals surface area contributed by atoms with Gasteiger partial charge in [0.1, 0.15) is 11.9 Å². The fourth-order valence-corrected chi connectivity index (χ4v) is 3.19. The highest BCUT2D eigenvalue weighted by Gasteiger charge is 2.30. The van der Waals surface area contributed by atoms with E-state index in [2.05, 4.69) is 15.6 Å². The van der Waals surface area contributed by atoms with E-state index in [0.717, 1.165) is 42.4 Å². The Balaban J connectivity index is 1.71. The van der Waals surface area contributed by atoms with Gasteiger partial charge in [-0.15, -0.1) is 0 Å². The number of nitrogens with one attached hydrogen (secondary N) is 2. The first kappa shape index (κ1) is 15.4. The van der Waals surface area contributed by atoms with Crippen molar-refractivity contribution >= 4 is 5.82 Å². The Kier molecular flexibility index (Phi) is 4.38. The van der Waals surface area contributed by atoms with Gasteiger partial charge < -0.3 is 20.1 Å². The molecule has 2 aromatic heterocycles. The van der Waals surface area contributed by atoms with Gasteiger partial charge in [0.2, 0.25) is 0 Å². The number of fused-ring (bicyclic) bond motifs is 1. The maximum Gasteiger partial charge on any atom is 0.161 e. The number of rotatable bonds is 4. The highest BCUT2D eigenvalue weighted by molar-refractivity contribution is 5.60. The average molecular weight is 327 g/mol. The van der Waals surface area contributed by atoms with Crippen LogP contribution in [0.1, 0.15) is 11.3 Å². The van der Waals surface area contributed by atoms with E-state index in [4.69, 9.17) is 19.4 Å². The molecule has 4 heterocycles. The quantitative estimate of drug-likeness (QED) is 0.867. The van der Waals surface area contributed by atoms with Crippen molar-refractivity contribution in [2.75, 3.05) is 32.2 Å². The van der Waals surface area contributed by atoms with Gasteiger partial charge in [-0.05, 0) is 25.1 Å². The van der Waals surface area contributed by atoms with Crippen LogP contribution in [0.25, 0.3) is 11.4 Å². The zero-order valence-electron chi connectivity index (χ0n) is 13.7. The fraction of sp³-hybridized carbons (Fsp3) is 0.471. The first-order chi connectivity index (χ1) is 11.8. The third-order valence-corrected chi connectivity index (χ3v) is 4.53. The first-order valence-corrected chi connectivity index (χ1v) is 8.23. The third-order valence-electron chi connectivity index (χ3n) is 4.53. The van der Waals surface area contributed by atoms with Gasteiger partial charge in [-0.2, -0.15) is 0 Å². The molecule has 0 amide bonds. The summed E-state index contributed by atoms with van der Waals surface area (Å²) in [4.78, 5) is 13.6. The average Bonchev–Trinajstić information content (AvgIpc) is 3.09. The first-order valence-electron chi connectivity index (χ1n) is 8.23. The summed E-state index contributed by atoms with van der Waals surface area (Å²) in [7, 11) is 1.72. The molecule has 0 spiro atoms. The Labute approximate surface area is 140 Å². The van der Waals surface area contributed by atoms with E-state index in [9.17, 15) is 0 Å². The maximum atomic E-state index is 5.54. The molecule has 2 aliphatic rings. The topological polar surface area (TPSA) is 81.2 Å². The second-order valence-electron chi connectivity index (χ2n) is 6.05. The van der Waals surface area contributed by atoms with Crippen LogP contribution in [-0.2, 0) is 22.4 Å². The van der Waals surface area contributed by atoms with E-state index in [-0.39, 0.29) is 12.1 Å². The number of hydrogen-bond acceptors (Lipinski definition) is 7. The summed E-state index contributed by atoms with van der Waals surface area (Å²) in [5, 5.41) is 6.92. The molecule has 0 aliphatic carbocycles. The Morgan fingerprint density at radius 1 is 1.25 bits per heavy atom. The number of hydrogen-bond donors (Lipinski definition) is 2. The lowest BCUT2D eigenvalue weighted by molar-refractivity contribution is 0.0795. The van der Waals surface area contributed by atoms with Crippen molar-refractivity contribution in [1.29, 1.82) is 0 Å². The van der Waals surface area contributed by atoms with E-state index in [1.165, 1.54) is 5.56 Å². The zero-order chi connectivity index (χ0) is 16.4. The summed E-state index contributed by atoms with van der Waals surface area (Å²) in [6, 6.07) is 3.96. The zero-order valence-corrected chi connectivity index (χ0v) is 13.7. The van der Waals surface area contributed by atoms with Crippen molar-refractivity contribution in [2.45, 2.75) is 25.1 Å². The molecule has 2 aliphatic heterocycles. The number of methoxy groups -OCH3 is 1. The van der Waals surface area contributed by atoms with Crippen LogP contribution >= 0.6 is 0 Å². The molecule has 1 fully saturated rings. The molecule has 126 valence electrons. The van der Waals surface area contributed by atoms with Crippen molar-refractivity contribution in [1.82, 2.24) is 20.3 Å². The largest absolute Gasteiger partial charge is 0.377 e. The smallest absolute Gasteiger partial charge is 0.161 e. The minimum Gasteiger partial charge on any atom is -0.377 e. The molecule has 0 aromatic carbocycles. The Morgan fingerprint density at radius 2 is 2.12 bits per heavy atom. The molecule has 2 aromatic rings. The molecule has 4 rings (SSSR count). The van der Waals surface area contributed by atoms with Gasteiger partial charge in [0, 0.05) is 37.2 Å². The molecule has 2 N–H and O–H groups in total. The monoisotopic (exact) mass is 327 g/mol. The molecule has 0 saturated carbocycles. The molecule has 24 heavy (non-hydrogen) atoms. The van der Waals surface area contributed by atoms with Crippen molar-refractivity contribution in [3.63, 3.8) is 0 Å². The van der Waals surface area contributed by atoms with Crippen LogP contribution in [0.4, 0.5) is 5.82 Å². The standard InChI is InChI=1S/C17H21N5O2/c1-23-15-10-24-9-14(15)21-17-12-4-7-19-8-13(12)20-16(22-17)11-2-5-18-6-3-11/h2-3,5-6,14-15,19H,4,7-10H2,1H3,(H,20,21,22)/t14-,15-/m1/s1. The molecule has 2 atom stereocenters. The predicted molar refractivity (Wildman–Crippen MR) is 89.7 cm³/mol. The van der Waals surface area contributed by atoms with Crippen LogP contribution in [-0.4, -0.2) is 54.0 Å². The Hall–Kier alpha value is -2.09. The van der Waals surface area contributed by atoms with Gasteiger partial charge in [0.05, 0.1) is 24.9 Å². The second-order valence-corrected chi connectivity index (χ2v) is 6.05. The van der Waals surface area contributed by atoms with Crippen molar-refractivity contribution in [3.05, 3.63) is 35.8 Å². The van der Waals surface area contributed by atoms with Gasteiger partial charge in [-0.3, -0.25) is 4.98 Å². The minimum absolute atomic E-state index is 0.0432. The summed E-state index contributed by atoms with van der Waals surface area (Å²) < 4.78 is 11.0. The summed E-state index contributed by atoms with van der Waals surface area (Å²) in [6.07, 6.45) is 4.48. The van der Waals surface area contributed by atoms with Crippen molar-refractivity contribution in [3.8, 4) is 11.4 Å². The summed E-state index contributed by atoms with van der Waals surface area (Å²) >= 11 is 0. The van der Waals surface area contributed by atoms with Gasteiger partial charge >= 0.3 is 0 Å². The normalized spacial score (nSPS) is 23.0. The SMILES string of the molecule is CO[C@@H]1COC[C@H]1Nc1nc(-c2ccncc2)nc2c1CCNC2. The van der Waals surface area contributed by atoms with Crippen LogP contribution in [0.3, 0.4) is 0 Å². The van der Waals surface area contributed by atoms with Crippen LogP contribution < -0.4 is 10.6 Å². The van der Waals surface area contributed by atoms with E-state index in [0.29, 0.717) is 13.2 Å². The molecule has 0 radical (unpaired) electrons. The maximum absolute atomic E-state index is 5.54. The lowest BCUT2D eigenvalue weighted by Gasteiger charge is -2.24. The highest BCUT2D eigenvalue weighted by atomic mass is 16.5. The van der Waals surface area contributed by atoms with Crippen LogP contribution in [0.2, 0.25) is 0 Å². The minimum atomic E-state index is 0.0432. The summed E-state index contributed by atoms with van der Waals surface area (Å²) in [5.74, 6) is 1.61. The lowest BCUT2D eigenvalue weighted by atomic mass is 10.1. The molecule has 0 unspecified atom stereocenters. The van der Waals surface area contributed by atoms with Crippen LogP contribution in [0, 0.1) is 0 Å². The van der Waals surface area contributed by atoms with Gasteiger partial charge in [-0.1, -0.05) is 0 Å². The van der Waals surface area contributed by atoms with Crippen molar-refractivity contribution < 1.29 is 9.47 Å². The van der Waals surface area contributed by atoms with Crippen molar-refractivity contribution in [2.24, 2.45) is 0 Å². The lowest BCUT2D eigenvalue weighted by Crippen LogP contribution is -2.35. The summed E-state index contributed by atoms with van der Waals surface area (Å²) in [6.45, 7) is 2.94. The molecule has 0 bridgehead atoms. The van der Waals surface area contributed by atoms with E-state index < -0.39 is 0 Å². The van der Waals surface area contributed by atoms with Gasteiger partial charge in [0.25, 0.3) is 0 Å². The Morgan fingerprint density at radius 3 is 2.96 bits per heavy atom. The number of anilines is 1. The second kappa shape index (κ2) is 6.80. The molecule has 7 heteroatoms. The van der Waals surface area contributed by atoms with E-state index >= 15 is 0 Å². The molecular formula is C17H21N5O2. The third kappa shape index (κ3) is 2.98. The molecular weight excluding hydrogens is 306 g/mol. The van der Waals surface area contributed by atoms with Gasteiger partial charge in [0.15, 0.2) is 5.82 Å². The fourth-order valence-electron chi connectivity index (χ4n) is 3.19. The van der Waals surface area contributed by atoms with Crippen LogP contribution in [0.5, 0.6) is 0 Å².